The first-order chi connectivity index (χ1) is 14.6. The van der Waals surface area contributed by atoms with Gasteiger partial charge in [-0.25, -0.2) is 4.79 Å². The highest BCUT2D eigenvalue weighted by Crippen LogP contribution is 2.43. The van der Waals surface area contributed by atoms with Crippen LogP contribution in [-0.2, 0) is 9.59 Å². The number of benzene rings is 1. The highest BCUT2D eigenvalue weighted by molar-refractivity contribution is 6.09. The number of hydrogen-bond acceptors (Lipinski definition) is 4. The topological polar surface area (TPSA) is 108 Å². The number of imide groups is 1. The lowest BCUT2D eigenvalue weighted by molar-refractivity contribution is -0.136. The van der Waals surface area contributed by atoms with E-state index in [9.17, 15) is 19.2 Å². The van der Waals surface area contributed by atoms with Crippen LogP contribution in [0.15, 0.2) is 30.3 Å². The number of carbonyl (C=O) groups is 4. The minimum absolute atomic E-state index is 0.169. The van der Waals surface area contributed by atoms with Gasteiger partial charge in [0.25, 0.3) is 11.8 Å². The molecule has 8 heteroatoms. The lowest BCUT2D eigenvalue weighted by atomic mass is 9.67. The second-order valence-corrected chi connectivity index (χ2v) is 9.52. The lowest BCUT2D eigenvalue weighted by Gasteiger charge is -2.40. The average molecular weight is 429 g/mol. The maximum Gasteiger partial charge on any atom is 0.325 e. The molecule has 1 saturated heterocycles. The van der Waals surface area contributed by atoms with Crippen LogP contribution in [0.25, 0.3) is 0 Å². The summed E-state index contributed by atoms with van der Waals surface area (Å²) >= 11 is 0. The van der Waals surface area contributed by atoms with Crippen LogP contribution in [0.4, 0.5) is 4.79 Å². The molecular formula is C23H32N4O4. The van der Waals surface area contributed by atoms with Gasteiger partial charge in [-0.15, -0.1) is 0 Å². The predicted octanol–water partition coefficient (Wildman–Crippen LogP) is 2.06. The Morgan fingerprint density at radius 2 is 1.68 bits per heavy atom. The van der Waals surface area contributed by atoms with E-state index in [1.165, 1.54) is 0 Å². The summed E-state index contributed by atoms with van der Waals surface area (Å²) in [5.74, 6) is -0.460. The smallest absolute Gasteiger partial charge is 0.325 e. The Balaban J connectivity index is 1.44. The van der Waals surface area contributed by atoms with Gasteiger partial charge in [0.2, 0.25) is 5.91 Å². The second-order valence-electron chi connectivity index (χ2n) is 9.52. The summed E-state index contributed by atoms with van der Waals surface area (Å²) in [6.07, 6.45) is 2.94. The van der Waals surface area contributed by atoms with Crippen LogP contribution in [0.1, 0.15) is 56.8 Å². The van der Waals surface area contributed by atoms with E-state index in [-0.39, 0.29) is 36.9 Å². The first-order valence-electron chi connectivity index (χ1n) is 10.9. The van der Waals surface area contributed by atoms with E-state index in [2.05, 4.69) is 36.7 Å². The molecule has 1 aromatic rings. The summed E-state index contributed by atoms with van der Waals surface area (Å²) in [5.41, 5.74) is -0.161. The number of hydrogen-bond donors (Lipinski definition) is 3. The quantitative estimate of drug-likeness (QED) is 0.476. The van der Waals surface area contributed by atoms with Crippen molar-refractivity contribution in [3.8, 4) is 0 Å². The van der Waals surface area contributed by atoms with Crippen molar-refractivity contribution in [3.05, 3.63) is 35.9 Å². The molecule has 0 bridgehead atoms. The highest BCUT2D eigenvalue weighted by atomic mass is 16.2. The Morgan fingerprint density at radius 1 is 1.06 bits per heavy atom. The Hall–Kier alpha value is -2.90. The van der Waals surface area contributed by atoms with Crippen molar-refractivity contribution >= 4 is 23.8 Å². The molecule has 3 rings (SSSR count). The number of nitrogens with one attached hydrogen (secondary N) is 3. The fourth-order valence-electron chi connectivity index (χ4n) is 4.40. The van der Waals surface area contributed by atoms with Gasteiger partial charge in [-0.2, -0.15) is 0 Å². The average Bonchev–Trinajstić information content (AvgIpc) is 2.95. The Kier molecular flexibility index (Phi) is 6.67. The molecule has 0 radical (unpaired) electrons. The number of carbonyl (C=O) groups excluding carboxylic acids is 4. The van der Waals surface area contributed by atoms with Crippen molar-refractivity contribution < 1.29 is 19.2 Å². The lowest BCUT2D eigenvalue weighted by Crippen LogP contribution is -2.51. The monoisotopic (exact) mass is 428 g/mol. The van der Waals surface area contributed by atoms with Crippen LogP contribution >= 0.6 is 0 Å². The molecule has 2 aliphatic rings. The van der Waals surface area contributed by atoms with Crippen LogP contribution in [-0.4, -0.2) is 53.8 Å². The normalized spacial score (nSPS) is 23.6. The molecule has 1 aliphatic carbocycles. The summed E-state index contributed by atoms with van der Waals surface area (Å²) in [6, 6.07) is 8.28. The van der Waals surface area contributed by atoms with Crippen molar-refractivity contribution in [2.24, 2.45) is 11.3 Å². The molecule has 168 valence electrons. The third-order valence-electron chi connectivity index (χ3n) is 6.38. The summed E-state index contributed by atoms with van der Waals surface area (Å²) in [6.45, 7) is 6.73. The van der Waals surface area contributed by atoms with Crippen molar-refractivity contribution in [1.82, 2.24) is 20.9 Å². The molecule has 5 amide bonds. The van der Waals surface area contributed by atoms with Gasteiger partial charge in [-0.1, -0.05) is 39.0 Å². The summed E-state index contributed by atoms with van der Waals surface area (Å²) in [7, 11) is 0. The fraction of sp³-hybridized carbons (Fsp3) is 0.565. The van der Waals surface area contributed by atoms with Gasteiger partial charge in [-0.05, 0) is 49.1 Å². The zero-order valence-electron chi connectivity index (χ0n) is 18.5. The minimum Gasteiger partial charge on any atom is -0.353 e. The molecule has 8 nitrogen and oxygen atoms in total. The summed E-state index contributed by atoms with van der Waals surface area (Å²) in [4.78, 5) is 50.6. The maximum absolute atomic E-state index is 13.0. The van der Waals surface area contributed by atoms with Crippen molar-refractivity contribution in [2.75, 3.05) is 19.6 Å². The van der Waals surface area contributed by atoms with Gasteiger partial charge < -0.3 is 16.0 Å². The van der Waals surface area contributed by atoms with E-state index in [4.69, 9.17) is 0 Å². The third-order valence-corrected chi connectivity index (χ3v) is 6.38. The molecule has 31 heavy (non-hydrogen) atoms. The minimum atomic E-state index is -0.872. The molecule has 0 unspecified atom stereocenters. The molecule has 1 heterocycles. The first kappa shape index (κ1) is 22.8. The molecule has 2 fully saturated rings. The Labute approximate surface area is 183 Å². The van der Waals surface area contributed by atoms with Gasteiger partial charge in [0.15, 0.2) is 0 Å². The van der Waals surface area contributed by atoms with E-state index in [0.717, 1.165) is 17.7 Å². The summed E-state index contributed by atoms with van der Waals surface area (Å²) in [5, 5.41) is 8.21. The van der Waals surface area contributed by atoms with Crippen LogP contribution in [0.2, 0.25) is 0 Å². The van der Waals surface area contributed by atoms with E-state index >= 15 is 0 Å². The Bertz CT molecular complexity index is 839. The molecule has 1 aromatic carbocycles. The number of nitrogens with zero attached hydrogens (tertiary/aromatic N) is 1. The van der Waals surface area contributed by atoms with Gasteiger partial charge in [0.1, 0.15) is 12.1 Å². The predicted molar refractivity (Wildman–Crippen MR) is 116 cm³/mol. The van der Waals surface area contributed by atoms with Gasteiger partial charge in [-0.3, -0.25) is 19.3 Å². The van der Waals surface area contributed by atoms with E-state index in [0.29, 0.717) is 24.3 Å². The van der Waals surface area contributed by atoms with Crippen LogP contribution in [0.5, 0.6) is 0 Å². The number of urea groups is 1. The molecular weight excluding hydrogens is 396 g/mol. The van der Waals surface area contributed by atoms with Gasteiger partial charge >= 0.3 is 6.03 Å². The highest BCUT2D eigenvalue weighted by Gasteiger charge is 2.53. The molecule has 1 spiro atoms. The largest absolute Gasteiger partial charge is 0.353 e. The number of amides is 5. The van der Waals surface area contributed by atoms with Crippen molar-refractivity contribution in [1.29, 1.82) is 0 Å². The molecule has 3 N–H and O–H groups in total. The van der Waals surface area contributed by atoms with E-state index < -0.39 is 17.5 Å². The Morgan fingerprint density at radius 3 is 2.29 bits per heavy atom. The zero-order chi connectivity index (χ0) is 22.6. The second kappa shape index (κ2) is 9.08. The molecule has 1 aliphatic heterocycles. The standard InChI is InChI=1S/C23H32N4O4/c1-22(2,3)17-9-11-23(12-10-17)20(30)27(21(31)26-23)15-18(28)24-13-14-25-19(29)16-7-5-4-6-8-16/h4-8,17H,9-15H2,1-3H3,(H,24,28)(H,25,29)(H,26,31). The van der Waals surface area contributed by atoms with Gasteiger partial charge in [0, 0.05) is 18.7 Å². The van der Waals surface area contributed by atoms with Crippen molar-refractivity contribution in [2.45, 2.75) is 52.0 Å². The molecule has 1 saturated carbocycles. The molecule has 0 atom stereocenters. The first-order valence-corrected chi connectivity index (χ1v) is 10.9. The van der Waals surface area contributed by atoms with Crippen LogP contribution < -0.4 is 16.0 Å². The zero-order valence-corrected chi connectivity index (χ0v) is 18.5. The maximum atomic E-state index is 13.0. The fourth-order valence-corrected chi connectivity index (χ4v) is 4.40. The number of rotatable bonds is 6. The van der Waals surface area contributed by atoms with Crippen LogP contribution in [0, 0.1) is 11.3 Å². The third kappa shape index (κ3) is 5.24. The van der Waals surface area contributed by atoms with Crippen LogP contribution in [0.3, 0.4) is 0 Å². The van der Waals surface area contributed by atoms with E-state index in [1.54, 1.807) is 24.3 Å². The van der Waals surface area contributed by atoms with E-state index in [1.807, 2.05) is 6.07 Å². The SMILES string of the molecule is CC(C)(C)C1CCC2(CC1)NC(=O)N(CC(=O)NCCNC(=O)c1ccccc1)C2=O. The summed E-state index contributed by atoms with van der Waals surface area (Å²) < 4.78 is 0. The van der Waals surface area contributed by atoms with Gasteiger partial charge in [0.05, 0.1) is 0 Å². The molecule has 0 aromatic heterocycles. The van der Waals surface area contributed by atoms with Crippen molar-refractivity contribution in [3.63, 3.8) is 0 Å².